The summed E-state index contributed by atoms with van der Waals surface area (Å²) in [7, 11) is 1.34. The van der Waals surface area contributed by atoms with Crippen molar-refractivity contribution < 1.29 is 27.1 Å². The summed E-state index contributed by atoms with van der Waals surface area (Å²) in [5.74, 6) is -0.0191. The fourth-order valence-corrected chi connectivity index (χ4v) is 4.75. The standard InChI is InChI=1S/C28H25F3N6O3/c1-16(33)25-24(27(38)37-13-11-36(12-14-37)20-6-4-3-5-17(20)15-32)35-26(40-25)19-7-9-21(39-2)23-18(19)8-10-22(34-23)28(29,30)31/h3-10,16H,11-14,33H2,1-2H3/t16-/m0/s1. The average molecular weight is 551 g/mol. The van der Waals surface area contributed by atoms with E-state index in [1.807, 2.05) is 12.1 Å². The van der Waals surface area contributed by atoms with Crippen molar-refractivity contribution >= 4 is 22.5 Å². The van der Waals surface area contributed by atoms with Gasteiger partial charge in [0.1, 0.15) is 23.0 Å². The van der Waals surface area contributed by atoms with Crippen molar-refractivity contribution in [3.8, 4) is 23.3 Å². The van der Waals surface area contributed by atoms with Crippen molar-refractivity contribution in [2.75, 3.05) is 38.2 Å². The summed E-state index contributed by atoms with van der Waals surface area (Å²) in [4.78, 5) is 25.5. The molecule has 2 N–H and O–H groups in total. The van der Waals surface area contributed by atoms with E-state index in [9.17, 15) is 23.2 Å². The van der Waals surface area contributed by atoms with Gasteiger partial charge in [-0.3, -0.25) is 4.79 Å². The van der Waals surface area contributed by atoms with Crippen LogP contribution in [0.3, 0.4) is 0 Å². The second-order valence-corrected chi connectivity index (χ2v) is 9.33. The Kier molecular flexibility index (Phi) is 7.08. The van der Waals surface area contributed by atoms with Gasteiger partial charge < -0.3 is 24.7 Å². The molecule has 4 aromatic rings. The molecule has 9 nitrogen and oxygen atoms in total. The molecule has 0 bridgehead atoms. The highest BCUT2D eigenvalue weighted by Gasteiger charge is 2.34. The van der Waals surface area contributed by atoms with Crippen LogP contribution in [-0.2, 0) is 6.18 Å². The molecule has 1 saturated heterocycles. The molecule has 1 atom stereocenters. The quantitative estimate of drug-likeness (QED) is 0.377. The second kappa shape index (κ2) is 10.5. The number of carbonyl (C=O) groups is 1. The number of para-hydroxylation sites is 1. The number of nitrogens with two attached hydrogens (primary N) is 1. The Morgan fingerprint density at radius 2 is 1.82 bits per heavy atom. The fraction of sp³-hybridized carbons (Fsp3) is 0.286. The Balaban J connectivity index is 1.47. The maximum absolute atomic E-state index is 13.6. The van der Waals surface area contributed by atoms with Crippen LogP contribution in [0.1, 0.15) is 40.5 Å². The molecule has 1 amide bonds. The summed E-state index contributed by atoms with van der Waals surface area (Å²) in [5.41, 5.74) is 6.81. The van der Waals surface area contributed by atoms with Crippen molar-refractivity contribution in [2.45, 2.75) is 19.1 Å². The van der Waals surface area contributed by atoms with Gasteiger partial charge in [-0.05, 0) is 43.3 Å². The molecule has 5 rings (SSSR count). The largest absolute Gasteiger partial charge is 0.494 e. The van der Waals surface area contributed by atoms with Gasteiger partial charge in [0, 0.05) is 37.1 Å². The van der Waals surface area contributed by atoms with E-state index < -0.39 is 17.9 Å². The number of hydrogen-bond acceptors (Lipinski definition) is 8. The molecule has 2 aromatic heterocycles. The molecule has 206 valence electrons. The average Bonchev–Trinajstić information content (AvgIpc) is 3.41. The maximum Gasteiger partial charge on any atom is 0.433 e. The van der Waals surface area contributed by atoms with E-state index in [2.05, 4.69) is 20.9 Å². The van der Waals surface area contributed by atoms with E-state index in [0.717, 1.165) is 11.8 Å². The number of aromatic nitrogens is 2. The summed E-state index contributed by atoms with van der Waals surface area (Å²) < 4.78 is 51.2. The number of hydrogen-bond donors (Lipinski definition) is 1. The van der Waals surface area contributed by atoms with Crippen LogP contribution >= 0.6 is 0 Å². The zero-order chi connectivity index (χ0) is 28.6. The molecule has 0 spiro atoms. The molecular formula is C28H25F3N6O3. The number of oxazole rings is 1. The SMILES string of the molecule is COc1ccc(-c2nc(C(=O)N3CCN(c4ccccc4C#N)CC3)c([C@H](C)N)o2)c2ccc(C(F)(F)F)nc12. The number of ether oxygens (including phenoxy) is 1. The number of halogens is 3. The number of benzene rings is 2. The minimum Gasteiger partial charge on any atom is -0.494 e. The summed E-state index contributed by atoms with van der Waals surface area (Å²) in [6, 6.07) is 14.0. The number of piperazine rings is 1. The van der Waals surface area contributed by atoms with Crippen LogP contribution in [0.5, 0.6) is 5.75 Å². The molecule has 0 aliphatic carbocycles. The highest BCUT2D eigenvalue weighted by atomic mass is 19.4. The third kappa shape index (κ3) is 4.91. The molecule has 0 unspecified atom stereocenters. The number of amides is 1. The summed E-state index contributed by atoms with van der Waals surface area (Å²) in [6.07, 6.45) is -4.64. The van der Waals surface area contributed by atoms with Crippen LogP contribution in [-0.4, -0.2) is 54.1 Å². The lowest BCUT2D eigenvalue weighted by Gasteiger charge is -2.36. The highest BCUT2D eigenvalue weighted by Crippen LogP contribution is 2.37. The highest BCUT2D eigenvalue weighted by molar-refractivity contribution is 5.98. The number of carbonyl (C=O) groups excluding carboxylic acids is 1. The lowest BCUT2D eigenvalue weighted by atomic mass is 10.1. The van der Waals surface area contributed by atoms with Crippen LogP contribution in [0.4, 0.5) is 18.9 Å². The van der Waals surface area contributed by atoms with Gasteiger partial charge >= 0.3 is 6.18 Å². The van der Waals surface area contributed by atoms with E-state index in [0.29, 0.717) is 42.7 Å². The van der Waals surface area contributed by atoms with Crippen LogP contribution in [0.25, 0.3) is 22.4 Å². The second-order valence-electron chi connectivity index (χ2n) is 9.33. The number of alkyl halides is 3. The molecular weight excluding hydrogens is 525 g/mol. The zero-order valence-corrected chi connectivity index (χ0v) is 21.7. The number of nitrogens with zero attached hydrogens (tertiary/aromatic N) is 5. The summed E-state index contributed by atoms with van der Waals surface area (Å²) >= 11 is 0. The molecule has 40 heavy (non-hydrogen) atoms. The fourth-order valence-electron chi connectivity index (χ4n) is 4.75. The van der Waals surface area contributed by atoms with Crippen LogP contribution in [0, 0.1) is 11.3 Å². The van der Waals surface area contributed by atoms with Crippen molar-refractivity contribution in [2.24, 2.45) is 5.73 Å². The van der Waals surface area contributed by atoms with Crippen LogP contribution in [0.2, 0.25) is 0 Å². The lowest BCUT2D eigenvalue weighted by Crippen LogP contribution is -2.49. The number of anilines is 1. The van der Waals surface area contributed by atoms with E-state index in [1.165, 1.54) is 19.2 Å². The number of nitriles is 1. The molecule has 2 aromatic carbocycles. The van der Waals surface area contributed by atoms with E-state index >= 15 is 0 Å². The number of methoxy groups -OCH3 is 1. The minimum absolute atomic E-state index is 0.0166. The van der Waals surface area contributed by atoms with Gasteiger partial charge in [-0.2, -0.15) is 18.4 Å². The Hall–Kier alpha value is -4.63. The van der Waals surface area contributed by atoms with Crippen LogP contribution < -0.4 is 15.4 Å². The first kappa shape index (κ1) is 27.0. The minimum atomic E-state index is -4.64. The number of pyridine rings is 1. The smallest absolute Gasteiger partial charge is 0.433 e. The molecule has 1 fully saturated rings. The first-order valence-corrected chi connectivity index (χ1v) is 12.5. The Bertz CT molecular complexity index is 1620. The molecule has 3 heterocycles. The number of fused-ring (bicyclic) bond motifs is 1. The maximum atomic E-state index is 13.6. The van der Waals surface area contributed by atoms with Gasteiger partial charge in [0.15, 0.2) is 11.5 Å². The van der Waals surface area contributed by atoms with Gasteiger partial charge in [-0.15, -0.1) is 0 Å². The summed E-state index contributed by atoms with van der Waals surface area (Å²) in [6.45, 7) is 3.45. The lowest BCUT2D eigenvalue weighted by molar-refractivity contribution is -0.140. The van der Waals surface area contributed by atoms with Crippen molar-refractivity contribution in [3.05, 3.63) is 71.2 Å². The topological polar surface area (TPSA) is 122 Å². The first-order valence-electron chi connectivity index (χ1n) is 12.5. The molecule has 0 saturated carbocycles. The van der Waals surface area contributed by atoms with Gasteiger partial charge in [0.05, 0.1) is 24.4 Å². The van der Waals surface area contributed by atoms with Gasteiger partial charge in [0.25, 0.3) is 5.91 Å². The Labute approximate surface area is 227 Å². The van der Waals surface area contributed by atoms with E-state index in [4.69, 9.17) is 14.9 Å². The number of rotatable bonds is 5. The monoisotopic (exact) mass is 550 g/mol. The van der Waals surface area contributed by atoms with Gasteiger partial charge in [-0.1, -0.05) is 12.1 Å². The third-order valence-electron chi connectivity index (χ3n) is 6.76. The van der Waals surface area contributed by atoms with E-state index in [1.54, 1.807) is 30.0 Å². The third-order valence-corrected chi connectivity index (χ3v) is 6.76. The van der Waals surface area contributed by atoms with Gasteiger partial charge in [0.2, 0.25) is 5.89 Å². The van der Waals surface area contributed by atoms with Crippen molar-refractivity contribution in [1.29, 1.82) is 5.26 Å². The predicted molar refractivity (Wildman–Crippen MR) is 141 cm³/mol. The van der Waals surface area contributed by atoms with Crippen molar-refractivity contribution in [1.82, 2.24) is 14.9 Å². The van der Waals surface area contributed by atoms with E-state index in [-0.39, 0.29) is 34.5 Å². The van der Waals surface area contributed by atoms with Gasteiger partial charge in [-0.25, -0.2) is 9.97 Å². The first-order chi connectivity index (χ1) is 19.1. The van der Waals surface area contributed by atoms with Crippen LogP contribution in [0.15, 0.2) is 52.9 Å². The normalized spacial score (nSPS) is 14.7. The predicted octanol–water partition coefficient (Wildman–Crippen LogP) is 4.77. The molecule has 0 radical (unpaired) electrons. The Morgan fingerprint density at radius 1 is 1.10 bits per heavy atom. The summed E-state index contributed by atoms with van der Waals surface area (Å²) in [5, 5.41) is 9.74. The Morgan fingerprint density at radius 3 is 2.48 bits per heavy atom. The van der Waals surface area contributed by atoms with Crippen molar-refractivity contribution in [3.63, 3.8) is 0 Å². The zero-order valence-electron chi connectivity index (χ0n) is 21.7. The molecule has 1 aliphatic rings. The molecule has 1 aliphatic heterocycles. The molecule has 12 heteroatoms.